The summed E-state index contributed by atoms with van der Waals surface area (Å²) >= 11 is 5.88. The quantitative estimate of drug-likeness (QED) is 0.794. The van der Waals surface area contributed by atoms with Gasteiger partial charge in [-0.1, -0.05) is 35.9 Å². The Bertz CT molecular complexity index is 782. The summed E-state index contributed by atoms with van der Waals surface area (Å²) in [6, 6.07) is 14.8. The second-order valence-corrected chi connectivity index (χ2v) is 7.03. The summed E-state index contributed by atoms with van der Waals surface area (Å²) in [6.45, 7) is 2.28. The van der Waals surface area contributed by atoms with E-state index >= 15 is 0 Å². The molecule has 1 fully saturated rings. The second kappa shape index (κ2) is 8.91. The van der Waals surface area contributed by atoms with E-state index in [4.69, 9.17) is 16.3 Å². The Labute approximate surface area is 164 Å². The summed E-state index contributed by atoms with van der Waals surface area (Å²) in [4.78, 5) is 28.6. The number of amides is 2. The summed E-state index contributed by atoms with van der Waals surface area (Å²) in [6.07, 6.45) is 0.722. The highest BCUT2D eigenvalue weighted by Gasteiger charge is 2.24. The molecule has 6 heteroatoms. The zero-order valence-corrected chi connectivity index (χ0v) is 16.1. The Morgan fingerprint density at radius 2 is 1.22 bits per heavy atom. The molecule has 0 unspecified atom stereocenters. The molecule has 0 aliphatic carbocycles. The summed E-state index contributed by atoms with van der Waals surface area (Å²) in [5.41, 5.74) is 1.91. The Morgan fingerprint density at radius 1 is 0.815 bits per heavy atom. The van der Waals surface area contributed by atoms with E-state index < -0.39 is 0 Å². The maximum absolute atomic E-state index is 12.5. The molecule has 0 spiro atoms. The zero-order chi connectivity index (χ0) is 19.2. The van der Waals surface area contributed by atoms with Crippen LogP contribution in [-0.2, 0) is 22.4 Å². The predicted molar refractivity (Wildman–Crippen MR) is 105 cm³/mol. The van der Waals surface area contributed by atoms with Crippen molar-refractivity contribution in [2.75, 3.05) is 33.3 Å². The van der Waals surface area contributed by atoms with Gasteiger partial charge in [0.05, 0.1) is 20.0 Å². The van der Waals surface area contributed by atoms with Crippen molar-refractivity contribution < 1.29 is 14.3 Å². The molecule has 1 aliphatic rings. The molecule has 0 bridgehead atoms. The van der Waals surface area contributed by atoms with Crippen LogP contribution in [0, 0.1) is 0 Å². The second-order valence-electron chi connectivity index (χ2n) is 6.59. The molecule has 1 saturated heterocycles. The highest BCUT2D eigenvalue weighted by Crippen LogP contribution is 2.14. The molecule has 3 rings (SSSR count). The number of ether oxygens (including phenoxy) is 1. The summed E-state index contributed by atoms with van der Waals surface area (Å²) < 4.78 is 5.13. The van der Waals surface area contributed by atoms with Crippen LogP contribution in [0.5, 0.6) is 5.75 Å². The molecule has 2 amide bonds. The first-order chi connectivity index (χ1) is 13.0. The summed E-state index contributed by atoms with van der Waals surface area (Å²) in [7, 11) is 1.62. The monoisotopic (exact) mass is 386 g/mol. The molecule has 142 valence electrons. The first-order valence-electron chi connectivity index (χ1n) is 8.98. The third-order valence-corrected chi connectivity index (χ3v) is 5.02. The lowest BCUT2D eigenvalue weighted by molar-refractivity contribution is -0.138. The maximum Gasteiger partial charge on any atom is 0.227 e. The van der Waals surface area contributed by atoms with E-state index in [2.05, 4.69) is 0 Å². The van der Waals surface area contributed by atoms with Gasteiger partial charge >= 0.3 is 0 Å². The smallest absolute Gasteiger partial charge is 0.227 e. The number of rotatable bonds is 5. The third-order valence-electron chi connectivity index (χ3n) is 4.77. The first-order valence-corrected chi connectivity index (χ1v) is 9.36. The van der Waals surface area contributed by atoms with Crippen LogP contribution in [0.2, 0.25) is 5.02 Å². The van der Waals surface area contributed by atoms with E-state index in [1.807, 2.05) is 46.2 Å². The number of carbonyl (C=O) groups excluding carboxylic acids is 2. The van der Waals surface area contributed by atoms with Gasteiger partial charge in [-0.25, -0.2) is 0 Å². The van der Waals surface area contributed by atoms with Crippen LogP contribution in [-0.4, -0.2) is 54.9 Å². The van der Waals surface area contributed by atoms with Crippen molar-refractivity contribution in [2.24, 2.45) is 0 Å². The van der Waals surface area contributed by atoms with Crippen LogP contribution in [0.4, 0.5) is 0 Å². The summed E-state index contributed by atoms with van der Waals surface area (Å²) in [5.74, 6) is 0.948. The third kappa shape index (κ3) is 5.23. The van der Waals surface area contributed by atoms with E-state index in [9.17, 15) is 9.59 Å². The van der Waals surface area contributed by atoms with Gasteiger partial charge < -0.3 is 14.5 Å². The first kappa shape index (κ1) is 19.2. The standard InChI is InChI=1S/C21H23ClN2O3/c1-27-19-8-4-17(5-9-19)15-21(26)24-12-10-23(11-13-24)20(25)14-16-2-6-18(22)7-3-16/h2-9H,10-15H2,1H3. The van der Waals surface area contributed by atoms with Crippen molar-refractivity contribution in [3.8, 4) is 5.75 Å². The number of carbonyl (C=O) groups is 2. The molecular weight excluding hydrogens is 364 g/mol. The molecule has 0 aromatic heterocycles. The van der Waals surface area contributed by atoms with Crippen molar-refractivity contribution in [2.45, 2.75) is 12.8 Å². The van der Waals surface area contributed by atoms with Crippen LogP contribution >= 0.6 is 11.6 Å². The SMILES string of the molecule is COc1ccc(CC(=O)N2CCN(C(=O)Cc3ccc(Cl)cc3)CC2)cc1. The maximum atomic E-state index is 12.5. The largest absolute Gasteiger partial charge is 0.497 e. The fourth-order valence-corrected chi connectivity index (χ4v) is 3.25. The fraction of sp³-hybridized carbons (Fsp3) is 0.333. The lowest BCUT2D eigenvalue weighted by atomic mass is 10.1. The van der Waals surface area contributed by atoms with Gasteiger partial charge in [-0.3, -0.25) is 9.59 Å². The molecule has 2 aromatic carbocycles. The number of halogens is 1. The van der Waals surface area contributed by atoms with Gasteiger partial charge in [-0.15, -0.1) is 0 Å². The number of hydrogen-bond acceptors (Lipinski definition) is 3. The van der Waals surface area contributed by atoms with E-state index in [0.29, 0.717) is 44.0 Å². The number of nitrogens with zero attached hydrogens (tertiary/aromatic N) is 2. The molecule has 1 aliphatic heterocycles. The van der Waals surface area contributed by atoms with Gasteiger partial charge in [0.15, 0.2) is 0 Å². The van der Waals surface area contributed by atoms with Gasteiger partial charge in [0.1, 0.15) is 5.75 Å². The normalized spacial score (nSPS) is 14.1. The van der Waals surface area contributed by atoms with Crippen molar-refractivity contribution in [1.82, 2.24) is 9.80 Å². The van der Waals surface area contributed by atoms with Crippen LogP contribution in [0.15, 0.2) is 48.5 Å². The number of hydrogen-bond donors (Lipinski definition) is 0. The molecule has 27 heavy (non-hydrogen) atoms. The van der Waals surface area contributed by atoms with E-state index in [1.165, 1.54) is 0 Å². The zero-order valence-electron chi connectivity index (χ0n) is 15.4. The highest BCUT2D eigenvalue weighted by atomic mass is 35.5. The topological polar surface area (TPSA) is 49.9 Å². The van der Waals surface area contributed by atoms with Crippen LogP contribution < -0.4 is 4.74 Å². The minimum atomic E-state index is 0.0829. The van der Waals surface area contributed by atoms with Crippen molar-refractivity contribution >= 4 is 23.4 Å². The Kier molecular flexibility index (Phi) is 6.35. The van der Waals surface area contributed by atoms with Gasteiger partial charge in [0.2, 0.25) is 11.8 Å². The van der Waals surface area contributed by atoms with Gasteiger partial charge in [0.25, 0.3) is 0 Å². The number of benzene rings is 2. The highest BCUT2D eigenvalue weighted by molar-refractivity contribution is 6.30. The van der Waals surface area contributed by atoms with E-state index in [1.54, 1.807) is 19.2 Å². The van der Waals surface area contributed by atoms with Gasteiger partial charge in [-0.2, -0.15) is 0 Å². The van der Waals surface area contributed by atoms with Crippen molar-refractivity contribution in [1.29, 1.82) is 0 Å². The average molecular weight is 387 g/mol. The molecule has 5 nitrogen and oxygen atoms in total. The number of piperazine rings is 1. The lowest BCUT2D eigenvalue weighted by Gasteiger charge is -2.35. The predicted octanol–water partition coefficient (Wildman–Crippen LogP) is 2.80. The molecule has 0 N–H and O–H groups in total. The molecule has 1 heterocycles. The van der Waals surface area contributed by atoms with E-state index in [-0.39, 0.29) is 11.8 Å². The van der Waals surface area contributed by atoms with E-state index in [0.717, 1.165) is 16.9 Å². The fourth-order valence-electron chi connectivity index (χ4n) is 3.12. The van der Waals surface area contributed by atoms with Crippen LogP contribution in [0.3, 0.4) is 0 Å². The Hall–Kier alpha value is -2.53. The minimum Gasteiger partial charge on any atom is -0.497 e. The molecular formula is C21H23ClN2O3. The van der Waals surface area contributed by atoms with Gasteiger partial charge in [-0.05, 0) is 35.4 Å². The van der Waals surface area contributed by atoms with Crippen molar-refractivity contribution in [3.05, 3.63) is 64.7 Å². The van der Waals surface area contributed by atoms with Crippen LogP contribution in [0.25, 0.3) is 0 Å². The summed E-state index contributed by atoms with van der Waals surface area (Å²) in [5, 5.41) is 0.662. The lowest BCUT2D eigenvalue weighted by Crippen LogP contribution is -2.51. The Morgan fingerprint density at radius 3 is 1.63 bits per heavy atom. The van der Waals surface area contributed by atoms with Crippen LogP contribution in [0.1, 0.15) is 11.1 Å². The molecule has 0 atom stereocenters. The Balaban J connectivity index is 1.47. The van der Waals surface area contributed by atoms with Gasteiger partial charge in [0, 0.05) is 31.2 Å². The number of methoxy groups -OCH3 is 1. The average Bonchev–Trinajstić information content (AvgIpc) is 2.70. The van der Waals surface area contributed by atoms with Crippen molar-refractivity contribution in [3.63, 3.8) is 0 Å². The molecule has 0 saturated carbocycles. The molecule has 0 radical (unpaired) electrons. The molecule has 2 aromatic rings. The minimum absolute atomic E-state index is 0.0829.